The molecule has 1 spiro atoms. The van der Waals surface area contributed by atoms with E-state index in [0.717, 1.165) is 5.56 Å². The van der Waals surface area contributed by atoms with Gasteiger partial charge in [-0.25, -0.2) is 0 Å². The quantitative estimate of drug-likeness (QED) is 0.712. The molecule has 3 amide bonds. The van der Waals surface area contributed by atoms with Crippen LogP contribution in [0.4, 0.5) is 0 Å². The van der Waals surface area contributed by atoms with Gasteiger partial charge in [0, 0.05) is 43.1 Å². The maximum atomic E-state index is 13.8. The van der Waals surface area contributed by atoms with Gasteiger partial charge in [0.25, 0.3) is 11.8 Å². The van der Waals surface area contributed by atoms with Crippen molar-refractivity contribution in [1.29, 1.82) is 0 Å². The number of piperidine rings is 1. The van der Waals surface area contributed by atoms with Gasteiger partial charge >= 0.3 is 0 Å². The highest BCUT2D eigenvalue weighted by molar-refractivity contribution is 5.99. The predicted octanol–water partition coefficient (Wildman–Crippen LogP) is 3.00. The molecule has 1 atom stereocenters. The van der Waals surface area contributed by atoms with E-state index >= 15 is 0 Å². The molecule has 8 nitrogen and oxygen atoms in total. The number of amides is 3. The number of benzene rings is 2. The largest absolute Gasteiger partial charge is 0.497 e. The van der Waals surface area contributed by atoms with Crippen molar-refractivity contribution in [3.8, 4) is 5.75 Å². The van der Waals surface area contributed by atoms with E-state index in [-0.39, 0.29) is 30.4 Å². The van der Waals surface area contributed by atoms with Crippen LogP contribution < -0.4 is 10.1 Å². The molecule has 186 valence electrons. The third kappa shape index (κ3) is 4.89. The van der Waals surface area contributed by atoms with Crippen molar-refractivity contribution in [3.05, 3.63) is 65.2 Å². The third-order valence-electron chi connectivity index (χ3n) is 6.74. The van der Waals surface area contributed by atoms with E-state index in [1.54, 1.807) is 47.2 Å². The van der Waals surface area contributed by atoms with E-state index in [4.69, 9.17) is 9.47 Å². The van der Waals surface area contributed by atoms with Gasteiger partial charge in [-0.15, -0.1) is 0 Å². The molecule has 2 fully saturated rings. The number of carbonyl (C=O) groups excluding carboxylic acids is 3. The normalized spacial score (nSPS) is 19.2. The molecule has 2 aromatic rings. The highest BCUT2D eigenvalue weighted by Gasteiger charge is 2.54. The zero-order valence-electron chi connectivity index (χ0n) is 20.7. The summed E-state index contributed by atoms with van der Waals surface area (Å²) in [4.78, 5) is 43.4. The number of aryl methyl sites for hydroxylation is 1. The molecule has 2 heterocycles. The van der Waals surface area contributed by atoms with Crippen LogP contribution in [0.2, 0.25) is 0 Å². The zero-order valence-corrected chi connectivity index (χ0v) is 20.7. The number of methoxy groups -OCH3 is 1. The molecule has 0 saturated carbocycles. The first kappa shape index (κ1) is 24.7. The summed E-state index contributed by atoms with van der Waals surface area (Å²) in [6.45, 7) is 6.60. The van der Waals surface area contributed by atoms with Gasteiger partial charge in [-0.1, -0.05) is 24.3 Å². The smallest absolute Gasteiger partial charge is 0.257 e. The Morgan fingerprint density at radius 2 is 1.77 bits per heavy atom. The van der Waals surface area contributed by atoms with E-state index in [1.165, 1.54) is 0 Å². The summed E-state index contributed by atoms with van der Waals surface area (Å²) >= 11 is 0. The van der Waals surface area contributed by atoms with Crippen LogP contribution in [0.5, 0.6) is 5.75 Å². The first-order chi connectivity index (χ1) is 16.8. The van der Waals surface area contributed by atoms with Crippen LogP contribution in [0.3, 0.4) is 0 Å². The standard InChI is InChI=1S/C27H33N3O5/c1-18(2)28-24(31)23-17-35-27(30(23)26(33)22-11-6-5-8-19(22)3)12-14-29(15-13-27)25(32)20-9-7-10-21(16-20)34-4/h5-11,16,18,23H,12-15,17H2,1-4H3,(H,28,31)/t23-/m1/s1. The Morgan fingerprint density at radius 1 is 1.06 bits per heavy atom. The molecule has 1 N–H and O–H groups in total. The molecule has 35 heavy (non-hydrogen) atoms. The molecule has 0 radical (unpaired) electrons. The fourth-order valence-corrected chi connectivity index (χ4v) is 4.89. The van der Waals surface area contributed by atoms with Gasteiger partial charge in [-0.2, -0.15) is 0 Å². The van der Waals surface area contributed by atoms with E-state index in [9.17, 15) is 14.4 Å². The molecule has 0 aromatic heterocycles. The van der Waals surface area contributed by atoms with Crippen molar-refractivity contribution >= 4 is 17.7 Å². The number of rotatable bonds is 5. The van der Waals surface area contributed by atoms with Crippen molar-refractivity contribution in [1.82, 2.24) is 15.1 Å². The van der Waals surface area contributed by atoms with E-state index in [1.807, 2.05) is 39.0 Å². The average Bonchev–Trinajstić information content (AvgIpc) is 3.22. The molecule has 0 bridgehead atoms. The number of nitrogens with zero attached hydrogens (tertiary/aromatic N) is 2. The van der Waals surface area contributed by atoms with E-state index in [0.29, 0.717) is 42.8 Å². The van der Waals surface area contributed by atoms with Gasteiger partial charge in [-0.05, 0) is 50.6 Å². The van der Waals surface area contributed by atoms with E-state index in [2.05, 4.69) is 5.32 Å². The highest BCUT2D eigenvalue weighted by atomic mass is 16.5. The average molecular weight is 480 g/mol. The maximum absolute atomic E-state index is 13.8. The number of hydrogen-bond donors (Lipinski definition) is 1. The summed E-state index contributed by atoms with van der Waals surface area (Å²) in [6.07, 6.45) is 0.845. The van der Waals surface area contributed by atoms with Gasteiger partial charge in [0.1, 0.15) is 17.5 Å². The van der Waals surface area contributed by atoms with Crippen LogP contribution in [0.25, 0.3) is 0 Å². The number of carbonyl (C=O) groups is 3. The maximum Gasteiger partial charge on any atom is 0.257 e. The van der Waals surface area contributed by atoms with Gasteiger partial charge in [0.2, 0.25) is 5.91 Å². The lowest BCUT2D eigenvalue weighted by molar-refractivity contribution is -0.128. The van der Waals surface area contributed by atoms with Crippen molar-refractivity contribution in [2.24, 2.45) is 0 Å². The van der Waals surface area contributed by atoms with Crippen LogP contribution in [-0.2, 0) is 9.53 Å². The second-order valence-corrected chi connectivity index (χ2v) is 9.45. The SMILES string of the molecule is COc1cccc(C(=O)N2CCC3(CC2)OC[C@H](C(=O)NC(C)C)N3C(=O)c2ccccc2C)c1. The molecule has 2 saturated heterocycles. The van der Waals surface area contributed by atoms with Crippen LogP contribution in [0.1, 0.15) is 53.0 Å². The Bertz CT molecular complexity index is 1110. The predicted molar refractivity (Wildman–Crippen MR) is 131 cm³/mol. The molecule has 2 aliphatic heterocycles. The number of hydrogen-bond acceptors (Lipinski definition) is 5. The molecule has 2 aromatic carbocycles. The summed E-state index contributed by atoms with van der Waals surface area (Å²) in [5, 5.41) is 2.93. The van der Waals surface area contributed by atoms with Crippen LogP contribution in [0, 0.1) is 6.92 Å². The summed E-state index contributed by atoms with van der Waals surface area (Å²) in [5.74, 6) is 0.0749. The minimum absolute atomic E-state index is 0.0585. The van der Waals surface area contributed by atoms with Crippen LogP contribution >= 0.6 is 0 Å². The number of ether oxygens (including phenoxy) is 2. The summed E-state index contributed by atoms with van der Waals surface area (Å²) in [7, 11) is 1.57. The summed E-state index contributed by atoms with van der Waals surface area (Å²) in [5.41, 5.74) is 1.00. The second-order valence-electron chi connectivity index (χ2n) is 9.45. The highest BCUT2D eigenvalue weighted by Crippen LogP contribution is 2.39. The molecular weight excluding hydrogens is 446 g/mol. The second kappa shape index (κ2) is 10.1. The van der Waals surface area contributed by atoms with Crippen molar-refractivity contribution in [2.45, 2.75) is 51.4 Å². The lowest BCUT2D eigenvalue weighted by Crippen LogP contribution is -2.60. The first-order valence-electron chi connectivity index (χ1n) is 12.0. The fraction of sp³-hybridized carbons (Fsp3) is 0.444. The lowest BCUT2D eigenvalue weighted by atomic mass is 9.95. The Labute approximate surface area is 206 Å². The summed E-state index contributed by atoms with van der Waals surface area (Å²) in [6, 6.07) is 13.7. The van der Waals surface area contributed by atoms with Gasteiger partial charge in [0.15, 0.2) is 0 Å². The number of nitrogens with one attached hydrogen (secondary N) is 1. The zero-order chi connectivity index (χ0) is 25.2. The molecule has 4 rings (SSSR count). The van der Waals surface area contributed by atoms with Crippen molar-refractivity contribution in [3.63, 3.8) is 0 Å². The molecule has 2 aliphatic rings. The van der Waals surface area contributed by atoms with Crippen molar-refractivity contribution in [2.75, 3.05) is 26.8 Å². The molecule has 8 heteroatoms. The van der Waals surface area contributed by atoms with Gasteiger partial charge in [0.05, 0.1) is 13.7 Å². The molecule has 0 aliphatic carbocycles. The first-order valence-corrected chi connectivity index (χ1v) is 12.0. The minimum Gasteiger partial charge on any atom is -0.497 e. The third-order valence-corrected chi connectivity index (χ3v) is 6.74. The Balaban J connectivity index is 1.58. The monoisotopic (exact) mass is 479 g/mol. The summed E-state index contributed by atoms with van der Waals surface area (Å²) < 4.78 is 11.5. The number of likely N-dealkylation sites (tertiary alicyclic amines) is 1. The lowest BCUT2D eigenvalue weighted by Gasteiger charge is -2.44. The van der Waals surface area contributed by atoms with E-state index < -0.39 is 11.8 Å². The van der Waals surface area contributed by atoms with Crippen LogP contribution in [0.15, 0.2) is 48.5 Å². The van der Waals surface area contributed by atoms with Crippen LogP contribution in [-0.4, -0.2) is 72.1 Å². The minimum atomic E-state index is -0.941. The Hall–Kier alpha value is -3.39. The van der Waals surface area contributed by atoms with Gasteiger partial charge < -0.3 is 19.7 Å². The van der Waals surface area contributed by atoms with Crippen molar-refractivity contribution < 1.29 is 23.9 Å². The topological polar surface area (TPSA) is 88.2 Å². The molecular formula is C27H33N3O5. The van der Waals surface area contributed by atoms with Gasteiger partial charge in [-0.3, -0.25) is 19.3 Å². The fourth-order valence-electron chi connectivity index (χ4n) is 4.89. The molecule has 0 unspecified atom stereocenters. The Morgan fingerprint density at radius 3 is 2.43 bits per heavy atom. The Kier molecular flexibility index (Phi) is 7.12.